The van der Waals surface area contributed by atoms with Crippen LogP contribution in [-0.4, -0.2) is 13.1 Å². The highest BCUT2D eigenvalue weighted by atomic mass is 35.5. The first-order chi connectivity index (χ1) is 8.11. The van der Waals surface area contributed by atoms with Gasteiger partial charge in [-0.2, -0.15) is 0 Å². The van der Waals surface area contributed by atoms with Gasteiger partial charge in [0.15, 0.2) is 0 Å². The molecule has 1 aliphatic carbocycles. The molecule has 2 nitrogen and oxygen atoms in total. The van der Waals surface area contributed by atoms with Crippen LogP contribution in [0.15, 0.2) is 23.8 Å². The number of benzene rings is 1. The molecule has 0 fully saturated rings. The number of carbonyl (C=O) groups excluding carboxylic acids is 1. The van der Waals surface area contributed by atoms with E-state index in [1.807, 2.05) is 25.1 Å². The van der Waals surface area contributed by atoms with Crippen LogP contribution in [0, 0.1) is 5.92 Å². The number of esters is 1. The third-order valence-electron chi connectivity index (χ3n) is 3.24. The summed E-state index contributed by atoms with van der Waals surface area (Å²) in [6, 6.07) is 5.90. The van der Waals surface area contributed by atoms with Crippen LogP contribution in [0.5, 0.6) is 0 Å². The second-order valence-corrected chi connectivity index (χ2v) is 4.74. The summed E-state index contributed by atoms with van der Waals surface area (Å²) in [6.07, 6.45) is 3.93. The number of aryl methyl sites for hydroxylation is 1. The van der Waals surface area contributed by atoms with Gasteiger partial charge in [0, 0.05) is 5.02 Å². The van der Waals surface area contributed by atoms with E-state index in [-0.39, 0.29) is 11.9 Å². The van der Waals surface area contributed by atoms with E-state index in [1.54, 1.807) is 0 Å². The highest BCUT2D eigenvalue weighted by molar-refractivity contribution is 6.30. The van der Waals surface area contributed by atoms with Crippen LogP contribution in [0.4, 0.5) is 0 Å². The first-order valence-corrected chi connectivity index (χ1v) is 6.06. The Balaban J connectivity index is 2.31. The minimum atomic E-state index is -0.179. The minimum Gasteiger partial charge on any atom is -0.469 e. The molecule has 1 unspecified atom stereocenters. The lowest BCUT2D eigenvalue weighted by atomic mass is 9.86. The first-order valence-electron chi connectivity index (χ1n) is 5.68. The molecule has 0 saturated heterocycles. The number of hydrogen-bond donors (Lipinski definition) is 0. The van der Waals surface area contributed by atoms with Crippen molar-refractivity contribution in [2.75, 3.05) is 7.11 Å². The SMILES string of the molecule is COC(=O)C(C)C1=Cc2cc(Cl)ccc2CC1. The minimum absolute atomic E-state index is 0.174. The molecule has 0 radical (unpaired) electrons. The molecule has 1 atom stereocenters. The topological polar surface area (TPSA) is 26.3 Å². The van der Waals surface area contributed by atoms with Crippen molar-refractivity contribution in [1.82, 2.24) is 0 Å². The van der Waals surface area contributed by atoms with Crippen LogP contribution >= 0.6 is 11.6 Å². The van der Waals surface area contributed by atoms with Crippen LogP contribution in [0.25, 0.3) is 6.08 Å². The number of halogens is 1. The van der Waals surface area contributed by atoms with Gasteiger partial charge in [0.2, 0.25) is 0 Å². The van der Waals surface area contributed by atoms with Crippen molar-refractivity contribution in [2.24, 2.45) is 5.92 Å². The van der Waals surface area contributed by atoms with Gasteiger partial charge in [-0.15, -0.1) is 0 Å². The van der Waals surface area contributed by atoms with Crippen molar-refractivity contribution in [3.8, 4) is 0 Å². The summed E-state index contributed by atoms with van der Waals surface area (Å²) in [6.45, 7) is 1.88. The largest absolute Gasteiger partial charge is 0.469 e. The lowest BCUT2D eigenvalue weighted by Crippen LogP contribution is -2.17. The average Bonchev–Trinajstić information content (AvgIpc) is 2.36. The quantitative estimate of drug-likeness (QED) is 0.752. The molecule has 0 aliphatic heterocycles. The number of ether oxygens (including phenoxy) is 1. The van der Waals surface area contributed by atoms with Gasteiger partial charge in [0.05, 0.1) is 13.0 Å². The average molecular weight is 251 g/mol. The number of fused-ring (bicyclic) bond motifs is 1. The van der Waals surface area contributed by atoms with Gasteiger partial charge in [0.25, 0.3) is 0 Å². The molecule has 0 bridgehead atoms. The molecule has 90 valence electrons. The van der Waals surface area contributed by atoms with Crippen molar-refractivity contribution in [3.63, 3.8) is 0 Å². The standard InChI is InChI=1S/C14H15ClO2/c1-9(14(16)17-2)11-4-3-10-5-6-13(15)8-12(10)7-11/h5-9H,3-4H2,1-2H3. The summed E-state index contributed by atoms with van der Waals surface area (Å²) in [5.74, 6) is -0.353. The van der Waals surface area contributed by atoms with Crippen molar-refractivity contribution in [3.05, 3.63) is 39.9 Å². The van der Waals surface area contributed by atoms with Gasteiger partial charge in [-0.1, -0.05) is 29.3 Å². The number of rotatable bonds is 2. The Labute approximate surface area is 106 Å². The normalized spacial score (nSPS) is 15.8. The lowest BCUT2D eigenvalue weighted by molar-refractivity contribution is -0.143. The maximum atomic E-state index is 11.5. The highest BCUT2D eigenvalue weighted by Crippen LogP contribution is 2.30. The van der Waals surface area contributed by atoms with E-state index < -0.39 is 0 Å². The zero-order valence-electron chi connectivity index (χ0n) is 10.00. The molecule has 0 N–H and O–H groups in total. The molecule has 0 heterocycles. The second kappa shape index (κ2) is 4.92. The first kappa shape index (κ1) is 12.2. The molecule has 0 saturated carbocycles. The van der Waals surface area contributed by atoms with E-state index in [9.17, 15) is 4.79 Å². The van der Waals surface area contributed by atoms with E-state index in [1.165, 1.54) is 12.7 Å². The Hall–Kier alpha value is -1.28. The van der Waals surface area contributed by atoms with Gasteiger partial charge in [-0.25, -0.2) is 0 Å². The summed E-state index contributed by atoms with van der Waals surface area (Å²) < 4.78 is 4.77. The Morgan fingerprint density at radius 3 is 2.88 bits per heavy atom. The summed E-state index contributed by atoms with van der Waals surface area (Å²) in [5, 5.41) is 0.729. The van der Waals surface area contributed by atoms with Crippen LogP contribution in [0.1, 0.15) is 24.5 Å². The predicted molar refractivity (Wildman–Crippen MR) is 68.9 cm³/mol. The smallest absolute Gasteiger partial charge is 0.312 e. The molecular weight excluding hydrogens is 236 g/mol. The summed E-state index contributed by atoms with van der Waals surface area (Å²) in [5.41, 5.74) is 3.52. The fraction of sp³-hybridized carbons (Fsp3) is 0.357. The Morgan fingerprint density at radius 2 is 2.18 bits per heavy atom. The number of hydrogen-bond acceptors (Lipinski definition) is 2. The van der Waals surface area contributed by atoms with E-state index in [2.05, 4.69) is 6.08 Å². The summed E-state index contributed by atoms with van der Waals surface area (Å²) in [4.78, 5) is 11.5. The highest BCUT2D eigenvalue weighted by Gasteiger charge is 2.21. The lowest BCUT2D eigenvalue weighted by Gasteiger charge is -2.20. The Bertz CT molecular complexity index is 477. The third kappa shape index (κ3) is 2.52. The monoisotopic (exact) mass is 250 g/mol. The fourth-order valence-electron chi connectivity index (χ4n) is 2.15. The Kier molecular flexibility index (Phi) is 3.53. The van der Waals surface area contributed by atoms with Gasteiger partial charge < -0.3 is 4.74 Å². The fourth-order valence-corrected chi connectivity index (χ4v) is 2.33. The number of methoxy groups -OCH3 is 1. The molecule has 3 heteroatoms. The van der Waals surface area contributed by atoms with E-state index in [0.29, 0.717) is 0 Å². The Morgan fingerprint density at radius 1 is 1.41 bits per heavy atom. The van der Waals surface area contributed by atoms with E-state index >= 15 is 0 Å². The molecule has 1 aromatic rings. The number of carbonyl (C=O) groups is 1. The van der Waals surface area contributed by atoms with Crippen molar-refractivity contribution < 1.29 is 9.53 Å². The molecule has 0 aromatic heterocycles. The van der Waals surface area contributed by atoms with Gasteiger partial charge in [-0.05, 0) is 43.0 Å². The van der Waals surface area contributed by atoms with Crippen LogP contribution in [-0.2, 0) is 16.0 Å². The zero-order valence-corrected chi connectivity index (χ0v) is 10.8. The van der Waals surface area contributed by atoms with Gasteiger partial charge in [-0.3, -0.25) is 4.79 Å². The molecule has 1 aliphatic rings. The van der Waals surface area contributed by atoms with Crippen LogP contribution in [0.3, 0.4) is 0 Å². The van der Waals surface area contributed by atoms with E-state index in [4.69, 9.17) is 16.3 Å². The summed E-state index contributed by atoms with van der Waals surface area (Å²) in [7, 11) is 1.42. The van der Waals surface area contributed by atoms with Crippen LogP contribution in [0.2, 0.25) is 5.02 Å². The summed E-state index contributed by atoms with van der Waals surface area (Å²) >= 11 is 5.97. The van der Waals surface area contributed by atoms with Crippen molar-refractivity contribution in [1.29, 1.82) is 0 Å². The molecular formula is C14H15ClO2. The molecule has 0 spiro atoms. The predicted octanol–water partition coefficient (Wildman–Crippen LogP) is 3.48. The molecule has 1 aromatic carbocycles. The van der Waals surface area contributed by atoms with Gasteiger partial charge in [0.1, 0.15) is 0 Å². The third-order valence-corrected chi connectivity index (χ3v) is 3.48. The molecule has 0 amide bonds. The van der Waals surface area contributed by atoms with E-state index in [0.717, 1.165) is 29.0 Å². The van der Waals surface area contributed by atoms with Crippen molar-refractivity contribution in [2.45, 2.75) is 19.8 Å². The molecule has 2 rings (SSSR count). The zero-order chi connectivity index (χ0) is 12.4. The van der Waals surface area contributed by atoms with Crippen LogP contribution < -0.4 is 0 Å². The maximum Gasteiger partial charge on any atom is 0.312 e. The van der Waals surface area contributed by atoms with Gasteiger partial charge >= 0.3 is 5.97 Å². The van der Waals surface area contributed by atoms with Crippen molar-refractivity contribution >= 4 is 23.6 Å². The molecule has 17 heavy (non-hydrogen) atoms. The second-order valence-electron chi connectivity index (χ2n) is 4.31. The maximum absolute atomic E-state index is 11.5.